The fraction of sp³-hybridized carbons (Fsp3) is 0.174. The van der Waals surface area contributed by atoms with Crippen LogP contribution in [-0.2, 0) is 12.8 Å². The zero-order chi connectivity index (χ0) is 21.5. The first kappa shape index (κ1) is 20.2. The molecule has 1 aliphatic rings. The molecule has 0 unspecified atom stereocenters. The van der Waals surface area contributed by atoms with Crippen LogP contribution < -0.4 is 10.3 Å². The molecule has 0 aliphatic heterocycles. The van der Waals surface area contributed by atoms with E-state index in [2.05, 4.69) is 4.98 Å². The number of carbonyl (C=O) groups is 1. The molecular weight excluding hydrogens is 455 g/mol. The number of carbonyl (C=O) groups excluding carboxylic acids is 1. The van der Waals surface area contributed by atoms with E-state index in [0.29, 0.717) is 16.6 Å². The number of ether oxygens (including phenoxy) is 1. The molecule has 5 rings (SSSR count). The zero-order valence-corrected chi connectivity index (χ0v) is 18.5. The minimum absolute atomic E-state index is 0.104. The zero-order valence-electron chi connectivity index (χ0n) is 16.2. The first-order chi connectivity index (χ1) is 15.0. The van der Waals surface area contributed by atoms with Gasteiger partial charge in [0, 0.05) is 15.5 Å². The Morgan fingerprint density at radius 2 is 1.84 bits per heavy atom. The number of aryl methyl sites for hydroxylation is 2. The summed E-state index contributed by atoms with van der Waals surface area (Å²) in [4.78, 5) is 34.8. The van der Waals surface area contributed by atoms with E-state index in [1.165, 1.54) is 17.0 Å². The number of rotatable bonds is 3. The maximum absolute atomic E-state index is 12.8. The summed E-state index contributed by atoms with van der Waals surface area (Å²) in [5.74, 6) is 0.274. The molecule has 1 aliphatic carbocycles. The molecule has 2 heterocycles. The maximum Gasteiger partial charge on any atom is 0.345 e. The molecular formula is C23H16Cl2N2O3S. The number of esters is 1. The Bertz CT molecular complexity index is 1380. The third-order valence-corrected chi connectivity index (χ3v) is 7.05. The molecule has 0 saturated heterocycles. The molecule has 8 heteroatoms. The van der Waals surface area contributed by atoms with Crippen molar-refractivity contribution in [2.45, 2.75) is 25.7 Å². The number of nitrogens with one attached hydrogen (secondary N) is 1. The van der Waals surface area contributed by atoms with Crippen LogP contribution in [0.5, 0.6) is 5.75 Å². The van der Waals surface area contributed by atoms with Gasteiger partial charge in [-0.3, -0.25) is 4.79 Å². The third kappa shape index (κ3) is 3.87. The number of halogens is 2. The van der Waals surface area contributed by atoms with Gasteiger partial charge in [0.05, 0.1) is 16.0 Å². The first-order valence-electron chi connectivity index (χ1n) is 9.82. The molecule has 0 amide bonds. The van der Waals surface area contributed by atoms with Crippen LogP contribution in [0, 0.1) is 0 Å². The minimum atomic E-state index is -0.577. The van der Waals surface area contributed by atoms with E-state index in [0.717, 1.165) is 47.0 Å². The first-order valence-corrected chi connectivity index (χ1v) is 11.4. The van der Waals surface area contributed by atoms with Crippen molar-refractivity contribution in [1.82, 2.24) is 9.97 Å². The van der Waals surface area contributed by atoms with E-state index in [4.69, 9.17) is 32.9 Å². The van der Waals surface area contributed by atoms with Crippen molar-refractivity contribution in [3.8, 4) is 17.1 Å². The molecule has 156 valence electrons. The molecule has 2 aromatic carbocycles. The van der Waals surface area contributed by atoms with Crippen LogP contribution in [-0.4, -0.2) is 15.9 Å². The van der Waals surface area contributed by atoms with Crippen LogP contribution in [0.15, 0.2) is 47.3 Å². The van der Waals surface area contributed by atoms with Gasteiger partial charge in [-0.05, 0) is 73.7 Å². The number of H-pyrrole nitrogens is 1. The number of hydrogen-bond acceptors (Lipinski definition) is 5. The topological polar surface area (TPSA) is 72.0 Å². The lowest BCUT2D eigenvalue weighted by Crippen LogP contribution is -2.11. The highest BCUT2D eigenvalue weighted by molar-refractivity contribution is 7.18. The molecule has 0 fully saturated rings. The van der Waals surface area contributed by atoms with Crippen molar-refractivity contribution in [1.29, 1.82) is 0 Å². The molecule has 31 heavy (non-hydrogen) atoms. The van der Waals surface area contributed by atoms with Gasteiger partial charge >= 0.3 is 5.97 Å². The Kier molecular flexibility index (Phi) is 5.30. The molecule has 0 atom stereocenters. The minimum Gasteiger partial charge on any atom is -0.423 e. The standard InChI is InChI=1S/C23H16Cl2N2O3S/c24-13-7-10-15(17(25)11-13)23(29)30-14-8-5-12(6-9-14)20-26-21(28)19-16-3-1-2-4-18(16)31-22(19)27-20/h5-11H,1-4H2,(H,26,27,28). The van der Waals surface area contributed by atoms with Crippen molar-refractivity contribution in [2.24, 2.45) is 0 Å². The third-order valence-electron chi connectivity index (χ3n) is 5.31. The summed E-state index contributed by atoms with van der Waals surface area (Å²) < 4.78 is 5.40. The van der Waals surface area contributed by atoms with Gasteiger partial charge in [-0.15, -0.1) is 11.3 Å². The van der Waals surface area contributed by atoms with Crippen LogP contribution >= 0.6 is 34.5 Å². The van der Waals surface area contributed by atoms with Crippen LogP contribution in [0.4, 0.5) is 0 Å². The molecule has 4 aromatic rings. The van der Waals surface area contributed by atoms with E-state index in [1.54, 1.807) is 41.7 Å². The van der Waals surface area contributed by atoms with Crippen LogP contribution in [0.25, 0.3) is 21.6 Å². The fourth-order valence-corrected chi connectivity index (χ4v) is 5.55. The predicted octanol–water partition coefficient (Wildman–Crippen LogP) is 6.06. The average Bonchev–Trinajstić information content (AvgIpc) is 3.13. The van der Waals surface area contributed by atoms with Crippen LogP contribution in [0.1, 0.15) is 33.6 Å². The second-order valence-corrected chi connectivity index (χ2v) is 9.27. The molecule has 0 saturated carbocycles. The highest BCUT2D eigenvalue weighted by Crippen LogP contribution is 2.34. The van der Waals surface area contributed by atoms with Gasteiger partial charge in [-0.2, -0.15) is 0 Å². The maximum atomic E-state index is 12.8. The Labute approximate surface area is 191 Å². The second-order valence-electron chi connectivity index (χ2n) is 7.34. The van der Waals surface area contributed by atoms with E-state index < -0.39 is 5.97 Å². The SMILES string of the molecule is O=C(Oc1ccc(-c2nc3sc4c(c3c(=O)[nH]2)CCCC4)cc1)c1ccc(Cl)cc1Cl. The van der Waals surface area contributed by atoms with Crippen LogP contribution in [0.2, 0.25) is 10.0 Å². The molecule has 0 spiro atoms. The summed E-state index contributed by atoms with van der Waals surface area (Å²) >= 11 is 13.5. The summed E-state index contributed by atoms with van der Waals surface area (Å²) in [5, 5.41) is 1.40. The van der Waals surface area contributed by atoms with Gasteiger partial charge in [0.1, 0.15) is 16.4 Å². The molecule has 0 bridgehead atoms. The van der Waals surface area contributed by atoms with Crippen molar-refractivity contribution in [3.05, 3.63) is 78.9 Å². The van der Waals surface area contributed by atoms with Gasteiger partial charge in [0.25, 0.3) is 5.56 Å². The Morgan fingerprint density at radius 3 is 2.61 bits per heavy atom. The van der Waals surface area contributed by atoms with E-state index >= 15 is 0 Å². The Balaban J connectivity index is 1.41. The molecule has 5 nitrogen and oxygen atoms in total. The smallest absolute Gasteiger partial charge is 0.345 e. The average molecular weight is 471 g/mol. The van der Waals surface area contributed by atoms with Gasteiger partial charge in [0.15, 0.2) is 0 Å². The molecule has 2 aromatic heterocycles. The number of fused-ring (bicyclic) bond motifs is 3. The van der Waals surface area contributed by atoms with E-state index in [9.17, 15) is 9.59 Å². The van der Waals surface area contributed by atoms with Crippen molar-refractivity contribution < 1.29 is 9.53 Å². The number of aromatic nitrogens is 2. The quantitative estimate of drug-likeness (QED) is 0.291. The predicted molar refractivity (Wildman–Crippen MR) is 124 cm³/mol. The Hall–Kier alpha value is -2.67. The summed E-state index contributed by atoms with van der Waals surface area (Å²) in [6, 6.07) is 11.4. The fourth-order valence-electron chi connectivity index (χ4n) is 3.80. The summed E-state index contributed by atoms with van der Waals surface area (Å²) in [6.07, 6.45) is 4.23. The van der Waals surface area contributed by atoms with Gasteiger partial charge in [-0.25, -0.2) is 9.78 Å². The summed E-state index contributed by atoms with van der Waals surface area (Å²) in [5.41, 5.74) is 2.02. The van der Waals surface area contributed by atoms with E-state index in [1.807, 2.05) is 0 Å². The van der Waals surface area contributed by atoms with Crippen molar-refractivity contribution in [2.75, 3.05) is 0 Å². The second kappa shape index (κ2) is 8.11. The molecule has 1 N–H and O–H groups in total. The normalized spacial score (nSPS) is 13.2. The lowest BCUT2D eigenvalue weighted by molar-refractivity contribution is 0.0735. The van der Waals surface area contributed by atoms with E-state index in [-0.39, 0.29) is 16.1 Å². The highest BCUT2D eigenvalue weighted by Gasteiger charge is 2.20. The number of benzene rings is 2. The Morgan fingerprint density at radius 1 is 1.06 bits per heavy atom. The van der Waals surface area contributed by atoms with Gasteiger partial charge < -0.3 is 9.72 Å². The lowest BCUT2D eigenvalue weighted by Gasteiger charge is -2.09. The van der Waals surface area contributed by atoms with Crippen molar-refractivity contribution in [3.63, 3.8) is 0 Å². The van der Waals surface area contributed by atoms with Crippen LogP contribution in [0.3, 0.4) is 0 Å². The number of nitrogens with zero attached hydrogens (tertiary/aromatic N) is 1. The van der Waals surface area contributed by atoms with Gasteiger partial charge in [-0.1, -0.05) is 23.2 Å². The highest BCUT2D eigenvalue weighted by atomic mass is 35.5. The summed E-state index contributed by atoms with van der Waals surface area (Å²) in [6.45, 7) is 0. The molecule has 0 radical (unpaired) electrons. The van der Waals surface area contributed by atoms with Gasteiger partial charge in [0.2, 0.25) is 0 Å². The number of hydrogen-bond donors (Lipinski definition) is 1. The monoisotopic (exact) mass is 470 g/mol. The number of thiophene rings is 1. The largest absolute Gasteiger partial charge is 0.423 e. The van der Waals surface area contributed by atoms with Crippen molar-refractivity contribution >= 4 is 50.7 Å². The lowest BCUT2D eigenvalue weighted by atomic mass is 9.97. The number of aromatic amines is 1. The summed E-state index contributed by atoms with van der Waals surface area (Å²) in [7, 11) is 0.